The van der Waals surface area contributed by atoms with Gasteiger partial charge in [-0.2, -0.15) is 4.31 Å². The Kier molecular flexibility index (Phi) is 4.21. The number of aliphatic hydroxyl groups excluding tert-OH is 1. The number of aryl methyl sites for hydroxylation is 1. The highest BCUT2D eigenvalue weighted by molar-refractivity contribution is 9.10. The number of sulfonamides is 1. The fraction of sp³-hybridized carbons (Fsp3) is 0.500. The van der Waals surface area contributed by atoms with Crippen molar-refractivity contribution in [3.05, 3.63) is 28.2 Å². The molecule has 4 nitrogen and oxygen atoms in total. The lowest BCUT2D eigenvalue weighted by atomic mass is 10.2. The van der Waals surface area contributed by atoms with Crippen molar-refractivity contribution in [2.45, 2.75) is 30.2 Å². The topological polar surface area (TPSA) is 57.6 Å². The van der Waals surface area contributed by atoms with Crippen LogP contribution in [-0.4, -0.2) is 42.9 Å². The van der Waals surface area contributed by atoms with E-state index in [1.54, 1.807) is 19.1 Å². The molecule has 1 atom stereocenters. The molecule has 1 N–H and O–H groups in total. The van der Waals surface area contributed by atoms with Gasteiger partial charge in [-0.25, -0.2) is 17.2 Å². The van der Waals surface area contributed by atoms with Gasteiger partial charge in [0, 0.05) is 10.9 Å². The van der Waals surface area contributed by atoms with E-state index in [-0.39, 0.29) is 4.90 Å². The Balaban J connectivity index is 2.44. The number of aliphatic hydroxyl groups is 1. The van der Waals surface area contributed by atoms with Crippen LogP contribution in [-0.2, 0) is 10.0 Å². The van der Waals surface area contributed by atoms with E-state index in [1.807, 2.05) is 0 Å². The fourth-order valence-electron chi connectivity index (χ4n) is 2.33. The molecule has 2 rings (SSSR count). The molecule has 0 aromatic heterocycles. The lowest BCUT2D eigenvalue weighted by molar-refractivity contribution is 0.0161. The van der Waals surface area contributed by atoms with Crippen LogP contribution in [0.15, 0.2) is 27.6 Å². The number of hydrogen-bond acceptors (Lipinski definition) is 3. The van der Waals surface area contributed by atoms with Crippen LogP contribution in [0.1, 0.15) is 12.0 Å². The van der Waals surface area contributed by atoms with Crippen molar-refractivity contribution in [1.29, 1.82) is 0 Å². The number of hydrogen-bond donors (Lipinski definition) is 1. The van der Waals surface area contributed by atoms with E-state index in [0.717, 1.165) is 0 Å². The van der Waals surface area contributed by atoms with Gasteiger partial charge in [-0.3, -0.25) is 0 Å². The second-order valence-corrected chi connectivity index (χ2v) is 7.63. The zero-order chi connectivity index (χ0) is 15.1. The second kappa shape index (κ2) is 5.32. The molecule has 1 saturated heterocycles. The first-order valence-corrected chi connectivity index (χ1v) is 8.17. The second-order valence-electron chi connectivity index (χ2n) is 4.86. The summed E-state index contributed by atoms with van der Waals surface area (Å²) in [5.74, 6) is -3.11. The molecule has 0 unspecified atom stereocenters. The van der Waals surface area contributed by atoms with E-state index in [4.69, 9.17) is 5.11 Å². The fourth-order valence-corrected chi connectivity index (χ4v) is 4.66. The van der Waals surface area contributed by atoms with E-state index in [9.17, 15) is 17.2 Å². The van der Waals surface area contributed by atoms with Crippen molar-refractivity contribution in [3.63, 3.8) is 0 Å². The molecule has 1 aromatic carbocycles. The van der Waals surface area contributed by atoms with Crippen LogP contribution in [0.3, 0.4) is 0 Å². The maximum Gasteiger partial charge on any atom is 0.263 e. The minimum absolute atomic E-state index is 0.0168. The normalized spacial score (nSPS) is 23.1. The first-order chi connectivity index (χ1) is 9.17. The third-order valence-electron chi connectivity index (χ3n) is 3.26. The molecular weight excluding hydrogens is 356 g/mol. The molecule has 1 aliphatic heterocycles. The summed E-state index contributed by atoms with van der Waals surface area (Å²) in [7, 11) is -4.05. The van der Waals surface area contributed by atoms with E-state index < -0.39 is 41.6 Å². The highest BCUT2D eigenvalue weighted by Gasteiger charge is 2.50. The zero-order valence-electron chi connectivity index (χ0n) is 10.7. The van der Waals surface area contributed by atoms with Crippen molar-refractivity contribution in [2.75, 3.05) is 13.2 Å². The van der Waals surface area contributed by atoms with Crippen LogP contribution in [0.5, 0.6) is 0 Å². The van der Waals surface area contributed by atoms with E-state index in [0.29, 0.717) is 14.3 Å². The highest BCUT2D eigenvalue weighted by Crippen LogP contribution is 2.36. The van der Waals surface area contributed by atoms with Crippen LogP contribution in [0, 0.1) is 6.92 Å². The summed E-state index contributed by atoms with van der Waals surface area (Å²) >= 11 is 3.22. The lowest BCUT2D eigenvalue weighted by Gasteiger charge is -2.22. The van der Waals surface area contributed by atoms with E-state index in [2.05, 4.69) is 15.9 Å². The Hall–Kier alpha value is -0.570. The SMILES string of the molecule is Cc1cc(Br)ccc1S(=O)(=O)N1CC(F)(F)C[C@H]1CO. The van der Waals surface area contributed by atoms with Crippen molar-refractivity contribution in [1.82, 2.24) is 4.31 Å². The third kappa shape index (κ3) is 2.88. The molecule has 1 heterocycles. The highest BCUT2D eigenvalue weighted by atomic mass is 79.9. The van der Waals surface area contributed by atoms with Gasteiger partial charge in [0.25, 0.3) is 5.92 Å². The van der Waals surface area contributed by atoms with Crippen LogP contribution < -0.4 is 0 Å². The molecule has 20 heavy (non-hydrogen) atoms. The van der Waals surface area contributed by atoms with Gasteiger partial charge < -0.3 is 5.11 Å². The monoisotopic (exact) mass is 369 g/mol. The van der Waals surface area contributed by atoms with Crippen molar-refractivity contribution in [2.24, 2.45) is 0 Å². The molecular formula is C12H14BrF2NO3S. The van der Waals surface area contributed by atoms with Crippen molar-refractivity contribution in [3.8, 4) is 0 Å². The molecule has 1 aliphatic rings. The molecule has 0 spiro atoms. The lowest BCUT2D eigenvalue weighted by Crippen LogP contribution is -2.38. The van der Waals surface area contributed by atoms with Crippen LogP contribution in [0.25, 0.3) is 0 Å². The third-order valence-corrected chi connectivity index (χ3v) is 5.81. The number of benzene rings is 1. The average Bonchev–Trinajstić information content (AvgIpc) is 2.65. The molecule has 0 radical (unpaired) electrons. The predicted octanol–water partition coefficient (Wildman–Crippen LogP) is 2.15. The van der Waals surface area contributed by atoms with Crippen LogP contribution in [0.4, 0.5) is 8.78 Å². The molecule has 1 fully saturated rings. The summed E-state index contributed by atoms with van der Waals surface area (Å²) in [5.41, 5.74) is 0.464. The standard InChI is InChI=1S/C12H14BrF2NO3S/c1-8-4-9(13)2-3-11(8)20(18,19)16-7-12(14,15)5-10(16)6-17/h2-4,10,17H,5-7H2,1H3/t10-/m0/s1. The maximum absolute atomic E-state index is 13.4. The molecule has 1 aromatic rings. The molecule has 0 amide bonds. The van der Waals surface area contributed by atoms with E-state index in [1.165, 1.54) is 6.07 Å². The van der Waals surface area contributed by atoms with Crippen LogP contribution in [0.2, 0.25) is 0 Å². The van der Waals surface area contributed by atoms with Gasteiger partial charge in [0.1, 0.15) is 0 Å². The Bertz CT molecular complexity index is 621. The van der Waals surface area contributed by atoms with Gasteiger partial charge in [0.05, 0.1) is 24.1 Å². The Morgan fingerprint density at radius 1 is 1.50 bits per heavy atom. The smallest absolute Gasteiger partial charge is 0.263 e. The Morgan fingerprint density at radius 2 is 2.15 bits per heavy atom. The number of halogens is 3. The summed E-state index contributed by atoms with van der Waals surface area (Å²) in [5, 5.41) is 9.15. The summed E-state index contributed by atoms with van der Waals surface area (Å²) in [6, 6.07) is 3.44. The summed E-state index contributed by atoms with van der Waals surface area (Å²) in [4.78, 5) is -0.0168. The molecule has 8 heteroatoms. The maximum atomic E-state index is 13.4. The summed E-state index contributed by atoms with van der Waals surface area (Å²) in [6.07, 6.45) is -0.654. The Labute approximate surface area is 124 Å². The molecule has 0 bridgehead atoms. The van der Waals surface area contributed by atoms with Crippen LogP contribution >= 0.6 is 15.9 Å². The molecule has 0 aliphatic carbocycles. The summed E-state index contributed by atoms with van der Waals surface area (Å²) in [6.45, 7) is 0.0836. The van der Waals surface area contributed by atoms with Gasteiger partial charge in [0.15, 0.2) is 0 Å². The van der Waals surface area contributed by atoms with Gasteiger partial charge >= 0.3 is 0 Å². The average molecular weight is 370 g/mol. The van der Waals surface area contributed by atoms with Crippen molar-refractivity contribution < 1.29 is 22.3 Å². The van der Waals surface area contributed by atoms with E-state index >= 15 is 0 Å². The first kappa shape index (κ1) is 15.8. The summed E-state index contributed by atoms with van der Waals surface area (Å²) < 4.78 is 53.2. The largest absolute Gasteiger partial charge is 0.395 e. The van der Waals surface area contributed by atoms with Crippen molar-refractivity contribution >= 4 is 26.0 Å². The van der Waals surface area contributed by atoms with Gasteiger partial charge in [-0.1, -0.05) is 15.9 Å². The minimum Gasteiger partial charge on any atom is -0.395 e. The van der Waals surface area contributed by atoms with Gasteiger partial charge in [-0.15, -0.1) is 0 Å². The van der Waals surface area contributed by atoms with Gasteiger partial charge in [-0.05, 0) is 30.7 Å². The minimum atomic E-state index is -4.05. The number of alkyl halides is 2. The molecule has 112 valence electrons. The number of nitrogens with zero attached hydrogens (tertiary/aromatic N) is 1. The quantitative estimate of drug-likeness (QED) is 0.887. The first-order valence-electron chi connectivity index (χ1n) is 5.94. The Morgan fingerprint density at radius 3 is 2.70 bits per heavy atom. The van der Waals surface area contributed by atoms with Gasteiger partial charge in [0.2, 0.25) is 10.0 Å². The molecule has 0 saturated carbocycles. The predicted molar refractivity (Wildman–Crippen MR) is 73.2 cm³/mol. The zero-order valence-corrected chi connectivity index (χ0v) is 13.1. The number of rotatable bonds is 3.